The molecule has 17 heteroatoms. The summed E-state index contributed by atoms with van der Waals surface area (Å²) in [6, 6.07) is 0. The molecule has 0 saturated heterocycles. The van der Waals surface area contributed by atoms with E-state index in [-0.39, 0.29) is 35.6 Å². The molecule has 0 aliphatic rings. The van der Waals surface area contributed by atoms with Gasteiger partial charge in [0, 0.05) is 35.6 Å². The summed E-state index contributed by atoms with van der Waals surface area (Å²) in [6.07, 6.45) is 0. The summed E-state index contributed by atoms with van der Waals surface area (Å²) >= 11 is 0. The van der Waals surface area contributed by atoms with E-state index in [9.17, 15) is 25.3 Å². The van der Waals surface area contributed by atoms with E-state index >= 15 is 0 Å². The molecule has 0 amide bonds. The summed E-state index contributed by atoms with van der Waals surface area (Å²) in [5, 5.41) is 7.55. The minimum Gasteiger partial charge on any atom is -0.394 e. The summed E-state index contributed by atoms with van der Waals surface area (Å²) < 4.78 is 74.7. The van der Waals surface area contributed by atoms with Gasteiger partial charge in [0.25, 0.3) is 0 Å². The minimum absolute atomic E-state index is 0. The molecule has 0 aromatic carbocycles. The van der Waals surface area contributed by atoms with Crippen LogP contribution in [-0.4, -0.2) is 22.1 Å². The number of rotatable bonds is 7. The fourth-order valence-corrected chi connectivity index (χ4v) is 1.19. The largest absolute Gasteiger partial charge is 0.454 e. The first-order chi connectivity index (χ1) is 6.68. The minimum atomic E-state index is -5.23. The zero-order valence-electron chi connectivity index (χ0n) is 6.87. The standard InChI is InChI=1S/2Fe.HO12S3.H2/c;;1-8-14(4,5)11-12-15(6,7)10-9-13(2)3;/h;;1H;1H/q;;-1;/i;;;1+1. The van der Waals surface area contributed by atoms with Gasteiger partial charge < -0.3 is 8.42 Å². The van der Waals surface area contributed by atoms with Gasteiger partial charge in [0.1, 0.15) is 0 Å². The normalized spacial score (nSPS) is 11.6. The van der Waals surface area contributed by atoms with Crippen LogP contribution in [0.25, 0.3) is 0 Å². The first kappa shape index (κ1) is 22.8. The van der Waals surface area contributed by atoms with Crippen LogP contribution in [0.2, 0.25) is 0 Å². The van der Waals surface area contributed by atoms with Gasteiger partial charge in [-0.3, -0.25) is 4.33 Å². The van der Waals surface area contributed by atoms with Crippen molar-refractivity contribution in [2.45, 2.75) is 0 Å². The van der Waals surface area contributed by atoms with Crippen LogP contribution in [-0.2, 0) is 96.0 Å². The van der Waals surface area contributed by atoms with E-state index in [0.29, 0.717) is 0 Å². The first-order valence-corrected chi connectivity index (χ1v) is 6.02. The van der Waals surface area contributed by atoms with Crippen LogP contribution in [0.3, 0.4) is 0 Å². The van der Waals surface area contributed by atoms with Crippen molar-refractivity contribution in [3.05, 3.63) is 0 Å². The third-order valence-electron chi connectivity index (χ3n) is 0.452. The van der Waals surface area contributed by atoms with Crippen molar-refractivity contribution < 1.29 is 87.7 Å². The molecule has 0 atom stereocenters. The molecular weight excluding hydrogens is 400 g/mol. The molecule has 0 fully saturated rings. The maximum atomic E-state index is 10.3. The predicted molar refractivity (Wildman–Crippen MR) is 36.7 cm³/mol. The van der Waals surface area contributed by atoms with Gasteiger partial charge >= 0.3 is 20.8 Å². The van der Waals surface area contributed by atoms with Gasteiger partial charge in [-0.2, -0.15) is 16.8 Å². The molecule has 0 aromatic rings. The molecule has 0 heterocycles. The summed E-state index contributed by atoms with van der Waals surface area (Å²) in [6.45, 7) is 0. The maximum Gasteiger partial charge on any atom is 0.454 e. The van der Waals surface area contributed by atoms with Crippen LogP contribution in [0.4, 0.5) is 0 Å². The predicted octanol–water partition coefficient (Wildman–Crippen LogP) is -1.67. The Morgan fingerprint density at radius 1 is 0.882 bits per heavy atom. The Morgan fingerprint density at radius 3 is 1.65 bits per heavy atom. The monoisotopic (exact) mass is 404 g/mol. The van der Waals surface area contributed by atoms with E-state index in [4.69, 9.17) is 5.26 Å². The Morgan fingerprint density at radius 2 is 1.29 bits per heavy atom. The molecule has 12 nitrogen and oxygen atoms in total. The maximum absolute atomic E-state index is 10.3. The zero-order chi connectivity index (χ0) is 12.1. The fourth-order valence-electron chi connectivity index (χ4n) is 0.149. The van der Waals surface area contributed by atoms with Gasteiger partial charge in [-0.05, 0) is 0 Å². The van der Waals surface area contributed by atoms with Crippen molar-refractivity contribution in [2.75, 3.05) is 0 Å². The SMILES string of the molecule is O=[S-](=O)OOS(=O)(=O)OOS(=O)(=O)OO.[2HH].[Fe].[Fe]. The topological polar surface area (TPSA) is 169 Å². The Balaban J connectivity index is -0.000000327. The number of hydrogen-bond acceptors (Lipinski definition) is 13. The number of hydrogen-bond donors (Lipinski definition) is 1. The van der Waals surface area contributed by atoms with Gasteiger partial charge in [0.15, 0.2) is 0 Å². The molecule has 0 saturated carbocycles. The molecule has 0 aliphatic heterocycles. The Kier molecular flexibility index (Phi) is 12.8. The van der Waals surface area contributed by atoms with Crippen LogP contribution in [0.1, 0.15) is 1.43 Å². The smallest absolute Gasteiger partial charge is 0.394 e. The van der Waals surface area contributed by atoms with Gasteiger partial charge in [-0.1, -0.05) is 17.3 Å². The second-order valence-corrected chi connectivity index (χ2v) is 4.10. The van der Waals surface area contributed by atoms with Crippen molar-refractivity contribution in [1.82, 2.24) is 0 Å². The first-order valence-electron chi connectivity index (χ1n) is 2.35. The van der Waals surface area contributed by atoms with Gasteiger partial charge in [0.2, 0.25) is 0 Å². The van der Waals surface area contributed by atoms with E-state index in [1.165, 1.54) is 0 Å². The molecule has 0 unspecified atom stereocenters. The summed E-state index contributed by atoms with van der Waals surface area (Å²) in [4.78, 5) is 0. The van der Waals surface area contributed by atoms with Gasteiger partial charge in [-0.15, -0.1) is 0 Å². The van der Waals surface area contributed by atoms with Gasteiger partial charge in [0.05, 0.1) is 11.0 Å². The van der Waals surface area contributed by atoms with Crippen LogP contribution < -0.4 is 0 Å². The summed E-state index contributed by atoms with van der Waals surface area (Å²) in [7, 11) is -13.7. The van der Waals surface area contributed by atoms with Crippen LogP contribution in [0.15, 0.2) is 0 Å². The summed E-state index contributed by atoms with van der Waals surface area (Å²) in [5.41, 5.74) is 0. The van der Waals surface area contributed by atoms with E-state index in [0.717, 1.165) is 0 Å². The molecule has 0 bridgehead atoms. The average Bonchev–Trinajstić information content (AvgIpc) is 2.13. The van der Waals surface area contributed by atoms with Crippen LogP contribution >= 0.6 is 0 Å². The molecular formula is H3Fe2O12S3-. The molecule has 17 heavy (non-hydrogen) atoms. The second-order valence-electron chi connectivity index (χ2n) is 1.37. The van der Waals surface area contributed by atoms with Gasteiger partial charge in [-0.25, -0.2) is 5.26 Å². The molecule has 0 radical (unpaired) electrons. The Hall–Kier alpha value is 0.649. The van der Waals surface area contributed by atoms with E-state index in [1.807, 2.05) is 0 Å². The summed E-state index contributed by atoms with van der Waals surface area (Å²) in [5.74, 6) is 0. The Labute approximate surface area is 119 Å². The average molecular weight is 404 g/mol. The molecule has 0 aromatic heterocycles. The van der Waals surface area contributed by atoms with Crippen molar-refractivity contribution in [3.8, 4) is 0 Å². The van der Waals surface area contributed by atoms with Crippen molar-refractivity contribution in [3.63, 3.8) is 0 Å². The fraction of sp³-hybridized carbons (Fsp3) is 0. The van der Waals surface area contributed by atoms with Crippen molar-refractivity contribution >= 4 is 31.8 Å². The third-order valence-corrected chi connectivity index (χ3v) is 1.69. The van der Waals surface area contributed by atoms with Crippen molar-refractivity contribution in [2.24, 2.45) is 0 Å². The molecule has 0 spiro atoms. The Bertz CT molecular complexity index is 450. The van der Waals surface area contributed by atoms with E-state index < -0.39 is 31.8 Å². The van der Waals surface area contributed by atoms with Crippen LogP contribution in [0.5, 0.6) is 0 Å². The molecule has 1 N–H and O–H groups in total. The van der Waals surface area contributed by atoms with E-state index in [1.54, 1.807) is 0 Å². The third kappa shape index (κ3) is 12.9. The second kappa shape index (κ2) is 9.56. The van der Waals surface area contributed by atoms with Crippen LogP contribution in [0, 0.1) is 0 Å². The molecule has 0 rings (SSSR count). The molecule has 0 aliphatic carbocycles. The quantitative estimate of drug-likeness (QED) is 0.222. The zero-order valence-corrected chi connectivity index (χ0v) is 11.5. The van der Waals surface area contributed by atoms with Crippen molar-refractivity contribution in [1.29, 1.82) is 0 Å². The molecule has 110 valence electrons. The van der Waals surface area contributed by atoms with E-state index in [2.05, 4.69) is 21.7 Å².